The second-order valence-electron chi connectivity index (χ2n) is 6.28. The van der Waals surface area contributed by atoms with Crippen LogP contribution in [0, 0.1) is 0 Å². The number of hydrogen-bond donors (Lipinski definition) is 0. The fourth-order valence-electron chi connectivity index (χ4n) is 2.79. The van der Waals surface area contributed by atoms with Crippen LogP contribution in [-0.2, 0) is 12.7 Å². The normalized spacial score (nSPS) is 11.3. The van der Waals surface area contributed by atoms with Crippen molar-refractivity contribution in [2.24, 2.45) is 0 Å². The zero-order valence-electron chi connectivity index (χ0n) is 15.0. The second kappa shape index (κ2) is 7.72. The van der Waals surface area contributed by atoms with Crippen molar-refractivity contribution in [1.82, 2.24) is 4.57 Å². The Morgan fingerprint density at radius 2 is 1.71 bits per heavy atom. The highest BCUT2D eigenvalue weighted by molar-refractivity contribution is 6.05. The van der Waals surface area contributed by atoms with E-state index in [2.05, 4.69) is 0 Å². The van der Waals surface area contributed by atoms with Crippen molar-refractivity contribution in [2.75, 3.05) is 11.9 Å². The molecular formula is C21H17F3N2O2. The Bertz CT molecular complexity index is 1040. The standard InChI is InChI=1S/C21H17F3N2O2/c1-25(18-8-3-2-4-9-18)20(28)16-10-11-19(27)26(14-16)13-15-6-5-7-17(12-15)21(22,23)24/h2-12,14H,13H2,1H3. The van der Waals surface area contributed by atoms with E-state index in [1.165, 1.54) is 39.9 Å². The van der Waals surface area contributed by atoms with Crippen molar-refractivity contribution in [3.8, 4) is 0 Å². The molecule has 0 radical (unpaired) electrons. The van der Waals surface area contributed by atoms with Crippen LogP contribution in [0.1, 0.15) is 21.5 Å². The van der Waals surface area contributed by atoms with Crippen LogP contribution in [0.3, 0.4) is 0 Å². The minimum Gasteiger partial charge on any atom is -0.311 e. The summed E-state index contributed by atoms with van der Waals surface area (Å²) in [4.78, 5) is 26.3. The van der Waals surface area contributed by atoms with E-state index in [-0.39, 0.29) is 18.0 Å². The van der Waals surface area contributed by atoms with Gasteiger partial charge in [-0.25, -0.2) is 0 Å². The third-order valence-electron chi connectivity index (χ3n) is 4.29. The number of nitrogens with zero attached hydrogens (tertiary/aromatic N) is 2. The maximum Gasteiger partial charge on any atom is 0.416 e. The molecule has 0 N–H and O–H groups in total. The van der Waals surface area contributed by atoms with Gasteiger partial charge in [0, 0.05) is 25.0 Å². The van der Waals surface area contributed by atoms with Crippen LogP contribution in [-0.4, -0.2) is 17.5 Å². The number of pyridine rings is 1. The zero-order chi connectivity index (χ0) is 20.3. The topological polar surface area (TPSA) is 42.3 Å². The molecule has 0 fully saturated rings. The summed E-state index contributed by atoms with van der Waals surface area (Å²) >= 11 is 0. The first kappa shape index (κ1) is 19.4. The molecule has 2 aromatic carbocycles. The first-order valence-electron chi connectivity index (χ1n) is 8.45. The quantitative estimate of drug-likeness (QED) is 0.675. The zero-order valence-corrected chi connectivity index (χ0v) is 15.0. The lowest BCUT2D eigenvalue weighted by Crippen LogP contribution is -2.28. The molecule has 3 rings (SSSR count). The number of benzene rings is 2. The maximum absolute atomic E-state index is 12.9. The van der Waals surface area contributed by atoms with Gasteiger partial charge >= 0.3 is 6.18 Å². The summed E-state index contributed by atoms with van der Waals surface area (Å²) in [6.07, 6.45) is -3.10. The number of rotatable bonds is 4. The Balaban J connectivity index is 1.88. The van der Waals surface area contributed by atoms with E-state index in [1.54, 1.807) is 31.3 Å². The first-order chi connectivity index (χ1) is 13.3. The Kier molecular flexibility index (Phi) is 5.35. The van der Waals surface area contributed by atoms with Crippen LogP contribution >= 0.6 is 0 Å². The highest BCUT2D eigenvalue weighted by Gasteiger charge is 2.30. The molecule has 0 bridgehead atoms. The summed E-state index contributed by atoms with van der Waals surface area (Å²) in [6, 6.07) is 16.4. The van der Waals surface area contributed by atoms with E-state index in [0.717, 1.165) is 12.1 Å². The molecule has 1 aromatic heterocycles. The van der Waals surface area contributed by atoms with Gasteiger partial charge < -0.3 is 9.47 Å². The average Bonchev–Trinajstić information content (AvgIpc) is 2.69. The van der Waals surface area contributed by atoms with Gasteiger partial charge in [-0.2, -0.15) is 13.2 Å². The predicted molar refractivity (Wildman–Crippen MR) is 100 cm³/mol. The van der Waals surface area contributed by atoms with Gasteiger partial charge in [0.05, 0.1) is 17.7 Å². The minimum absolute atomic E-state index is 0.0705. The molecule has 0 saturated carbocycles. The van der Waals surface area contributed by atoms with Gasteiger partial charge in [0.25, 0.3) is 11.5 Å². The Morgan fingerprint density at radius 3 is 2.39 bits per heavy atom. The molecule has 28 heavy (non-hydrogen) atoms. The molecule has 7 heteroatoms. The smallest absolute Gasteiger partial charge is 0.311 e. The van der Waals surface area contributed by atoms with Gasteiger partial charge in [0.1, 0.15) is 0 Å². The van der Waals surface area contributed by atoms with Crippen molar-refractivity contribution in [2.45, 2.75) is 12.7 Å². The summed E-state index contributed by atoms with van der Waals surface area (Å²) in [7, 11) is 1.61. The predicted octanol–water partition coefficient (Wildman–Crippen LogP) is 4.19. The van der Waals surface area contributed by atoms with E-state index in [1.807, 2.05) is 6.07 Å². The molecule has 1 amide bonds. The molecular weight excluding hydrogens is 369 g/mol. The highest BCUT2D eigenvalue weighted by Crippen LogP contribution is 2.29. The van der Waals surface area contributed by atoms with Crippen LogP contribution < -0.4 is 10.5 Å². The number of carbonyl (C=O) groups excluding carboxylic acids is 1. The van der Waals surface area contributed by atoms with E-state index in [4.69, 9.17) is 0 Å². The van der Waals surface area contributed by atoms with E-state index >= 15 is 0 Å². The monoisotopic (exact) mass is 386 g/mol. The van der Waals surface area contributed by atoms with Gasteiger partial charge in [-0.3, -0.25) is 9.59 Å². The number of para-hydroxylation sites is 1. The lowest BCUT2D eigenvalue weighted by Gasteiger charge is -2.18. The maximum atomic E-state index is 12.9. The molecule has 0 saturated heterocycles. The fourth-order valence-corrected chi connectivity index (χ4v) is 2.79. The molecule has 0 unspecified atom stereocenters. The van der Waals surface area contributed by atoms with Crippen molar-refractivity contribution in [3.05, 3.63) is 100.0 Å². The van der Waals surface area contributed by atoms with Crippen LogP contribution in [0.2, 0.25) is 0 Å². The molecule has 0 aliphatic heterocycles. The van der Waals surface area contributed by atoms with Gasteiger partial charge in [-0.15, -0.1) is 0 Å². The third-order valence-corrected chi connectivity index (χ3v) is 4.29. The highest BCUT2D eigenvalue weighted by atomic mass is 19.4. The molecule has 4 nitrogen and oxygen atoms in total. The summed E-state index contributed by atoms with van der Waals surface area (Å²) in [5.41, 5.74) is 0.0735. The summed E-state index contributed by atoms with van der Waals surface area (Å²) in [5, 5.41) is 0. The molecule has 3 aromatic rings. The van der Waals surface area contributed by atoms with Crippen LogP contribution in [0.15, 0.2) is 77.7 Å². The SMILES string of the molecule is CN(C(=O)c1ccc(=O)n(Cc2cccc(C(F)(F)F)c2)c1)c1ccccc1. The van der Waals surface area contributed by atoms with Gasteiger partial charge in [-0.05, 0) is 35.9 Å². The van der Waals surface area contributed by atoms with E-state index in [0.29, 0.717) is 11.3 Å². The number of halogens is 3. The molecule has 1 heterocycles. The molecule has 0 atom stereocenters. The van der Waals surface area contributed by atoms with Crippen molar-refractivity contribution in [1.29, 1.82) is 0 Å². The number of alkyl halides is 3. The van der Waals surface area contributed by atoms with Crippen molar-refractivity contribution in [3.63, 3.8) is 0 Å². The second-order valence-corrected chi connectivity index (χ2v) is 6.28. The van der Waals surface area contributed by atoms with Crippen LogP contribution in [0.4, 0.5) is 18.9 Å². The minimum atomic E-state index is -4.46. The number of anilines is 1. The van der Waals surface area contributed by atoms with E-state index < -0.39 is 17.3 Å². The summed E-state index contributed by atoms with van der Waals surface area (Å²) in [6.45, 7) is -0.0705. The lowest BCUT2D eigenvalue weighted by atomic mass is 10.1. The largest absolute Gasteiger partial charge is 0.416 e. The first-order valence-corrected chi connectivity index (χ1v) is 8.45. The summed E-state index contributed by atoms with van der Waals surface area (Å²) < 4.78 is 39.9. The van der Waals surface area contributed by atoms with Crippen LogP contribution in [0.5, 0.6) is 0 Å². The Morgan fingerprint density at radius 1 is 1.00 bits per heavy atom. The Hall–Kier alpha value is -3.35. The van der Waals surface area contributed by atoms with Gasteiger partial charge in [0.15, 0.2) is 0 Å². The van der Waals surface area contributed by atoms with Crippen molar-refractivity contribution < 1.29 is 18.0 Å². The van der Waals surface area contributed by atoms with E-state index in [9.17, 15) is 22.8 Å². The van der Waals surface area contributed by atoms with Gasteiger partial charge in [0.2, 0.25) is 0 Å². The van der Waals surface area contributed by atoms with Gasteiger partial charge in [-0.1, -0.05) is 30.3 Å². The Labute approximate surface area is 159 Å². The number of aromatic nitrogens is 1. The molecule has 144 valence electrons. The van der Waals surface area contributed by atoms with Crippen LogP contribution in [0.25, 0.3) is 0 Å². The fraction of sp³-hybridized carbons (Fsp3) is 0.143. The number of hydrogen-bond acceptors (Lipinski definition) is 2. The van der Waals surface area contributed by atoms with Crippen molar-refractivity contribution >= 4 is 11.6 Å². The third kappa shape index (κ3) is 4.31. The molecule has 0 spiro atoms. The molecule has 0 aliphatic rings. The lowest BCUT2D eigenvalue weighted by molar-refractivity contribution is -0.137. The summed E-state index contributed by atoms with van der Waals surface area (Å²) in [5.74, 6) is -0.330. The number of amides is 1. The average molecular weight is 386 g/mol. The molecule has 0 aliphatic carbocycles. The number of carbonyl (C=O) groups is 1.